The van der Waals surface area contributed by atoms with Gasteiger partial charge in [0.2, 0.25) is 5.76 Å². The maximum Gasteiger partial charge on any atom is 0.295 e. The zero-order valence-corrected chi connectivity index (χ0v) is 19.9. The van der Waals surface area contributed by atoms with Crippen molar-refractivity contribution in [2.75, 3.05) is 4.90 Å². The lowest BCUT2D eigenvalue weighted by Crippen LogP contribution is -2.29. The van der Waals surface area contributed by atoms with Crippen LogP contribution in [0.3, 0.4) is 0 Å². The lowest BCUT2D eigenvalue weighted by atomic mass is 9.97. The summed E-state index contributed by atoms with van der Waals surface area (Å²) in [6.45, 7) is 3.92. The molecule has 176 valence electrons. The molecule has 0 saturated heterocycles. The van der Waals surface area contributed by atoms with Crippen LogP contribution in [0.25, 0.3) is 11.0 Å². The van der Waals surface area contributed by atoms with Gasteiger partial charge in [-0.3, -0.25) is 14.5 Å². The van der Waals surface area contributed by atoms with Crippen LogP contribution in [-0.4, -0.2) is 5.91 Å². The Morgan fingerprint density at radius 3 is 2.17 bits per heavy atom. The molecule has 0 fully saturated rings. The first-order chi connectivity index (χ1) is 17.5. The van der Waals surface area contributed by atoms with Gasteiger partial charge in [0.05, 0.1) is 17.0 Å². The molecule has 6 rings (SSSR count). The van der Waals surface area contributed by atoms with Crippen molar-refractivity contribution in [2.45, 2.75) is 19.9 Å². The molecular formula is C31H23NO4. The third-order valence-electron chi connectivity index (χ3n) is 6.67. The topological polar surface area (TPSA) is 59.8 Å². The fourth-order valence-corrected chi connectivity index (χ4v) is 4.77. The van der Waals surface area contributed by atoms with Gasteiger partial charge >= 0.3 is 0 Å². The Hall–Kier alpha value is -4.64. The van der Waals surface area contributed by atoms with Crippen LogP contribution in [0, 0.1) is 13.8 Å². The van der Waals surface area contributed by atoms with Crippen LogP contribution in [0.2, 0.25) is 0 Å². The summed E-state index contributed by atoms with van der Waals surface area (Å²) in [4.78, 5) is 29.3. The van der Waals surface area contributed by atoms with E-state index in [4.69, 9.17) is 9.15 Å². The van der Waals surface area contributed by atoms with Crippen LogP contribution in [-0.2, 0) is 0 Å². The average molecular weight is 474 g/mol. The second-order valence-corrected chi connectivity index (χ2v) is 9.01. The van der Waals surface area contributed by atoms with Crippen LogP contribution in [0.1, 0.15) is 38.9 Å². The Morgan fingerprint density at radius 2 is 1.42 bits per heavy atom. The molecule has 0 N–H and O–H groups in total. The smallest absolute Gasteiger partial charge is 0.295 e. The number of carbonyl (C=O) groups is 1. The Morgan fingerprint density at radius 1 is 0.750 bits per heavy atom. The molecule has 0 saturated carbocycles. The van der Waals surface area contributed by atoms with Gasteiger partial charge in [-0.25, -0.2) is 0 Å². The maximum atomic E-state index is 13.9. The first-order valence-corrected chi connectivity index (χ1v) is 11.8. The number of amides is 1. The summed E-state index contributed by atoms with van der Waals surface area (Å²) in [7, 11) is 0. The van der Waals surface area contributed by atoms with E-state index < -0.39 is 6.04 Å². The summed E-state index contributed by atoms with van der Waals surface area (Å²) in [5, 5.41) is 0.473. The molecule has 4 aromatic carbocycles. The van der Waals surface area contributed by atoms with E-state index in [2.05, 4.69) is 0 Å². The number of anilines is 1. The molecular weight excluding hydrogens is 450 g/mol. The number of rotatable bonds is 4. The predicted molar refractivity (Wildman–Crippen MR) is 140 cm³/mol. The number of aryl methyl sites for hydroxylation is 2. The first-order valence-electron chi connectivity index (χ1n) is 11.8. The number of fused-ring (bicyclic) bond motifs is 2. The van der Waals surface area contributed by atoms with Gasteiger partial charge in [-0.05, 0) is 79.1 Å². The van der Waals surface area contributed by atoms with E-state index in [-0.39, 0.29) is 17.1 Å². The molecule has 1 amide bonds. The minimum atomic E-state index is -0.656. The molecule has 5 heteroatoms. The zero-order chi connectivity index (χ0) is 24.8. The number of carbonyl (C=O) groups excluding carboxylic acids is 1. The van der Waals surface area contributed by atoms with Crippen molar-refractivity contribution < 1.29 is 13.9 Å². The quantitative estimate of drug-likeness (QED) is 0.283. The monoisotopic (exact) mass is 473 g/mol. The highest BCUT2D eigenvalue weighted by atomic mass is 16.5. The van der Waals surface area contributed by atoms with Gasteiger partial charge in [-0.15, -0.1) is 0 Å². The highest BCUT2D eigenvalue weighted by Crippen LogP contribution is 2.42. The summed E-state index contributed by atoms with van der Waals surface area (Å²) in [6.07, 6.45) is 0. The van der Waals surface area contributed by atoms with E-state index in [1.807, 2.05) is 111 Å². The number of para-hydroxylation sites is 2. The maximum absolute atomic E-state index is 13.9. The third kappa shape index (κ3) is 3.57. The van der Waals surface area contributed by atoms with Crippen LogP contribution < -0.4 is 15.1 Å². The van der Waals surface area contributed by atoms with Gasteiger partial charge in [0, 0.05) is 5.69 Å². The van der Waals surface area contributed by atoms with E-state index in [1.54, 1.807) is 4.90 Å². The van der Waals surface area contributed by atoms with Crippen molar-refractivity contribution in [3.63, 3.8) is 0 Å². The van der Waals surface area contributed by atoms with Gasteiger partial charge in [0.1, 0.15) is 17.1 Å². The second-order valence-electron chi connectivity index (χ2n) is 9.01. The van der Waals surface area contributed by atoms with Crippen molar-refractivity contribution in [2.24, 2.45) is 0 Å². The van der Waals surface area contributed by atoms with Crippen molar-refractivity contribution in [3.05, 3.63) is 135 Å². The molecule has 1 atom stereocenters. The van der Waals surface area contributed by atoms with E-state index in [0.29, 0.717) is 33.7 Å². The molecule has 0 bridgehead atoms. The van der Waals surface area contributed by atoms with Crippen molar-refractivity contribution in [1.82, 2.24) is 0 Å². The highest BCUT2D eigenvalue weighted by Gasteiger charge is 2.43. The van der Waals surface area contributed by atoms with Crippen molar-refractivity contribution in [3.8, 4) is 11.5 Å². The molecule has 2 heterocycles. The number of nitrogens with zero attached hydrogens (tertiary/aromatic N) is 1. The number of ether oxygens (including phenoxy) is 1. The lowest BCUT2D eigenvalue weighted by molar-refractivity contribution is 0.0971. The molecule has 5 nitrogen and oxygen atoms in total. The Bertz CT molecular complexity index is 1670. The number of hydrogen-bond donors (Lipinski definition) is 0. The SMILES string of the molecule is Cc1cc2oc3c(c(=O)c2cc1C)C(c1cccc(Oc2ccccc2)c1)N(c1ccccc1)C3=O. The van der Waals surface area contributed by atoms with E-state index in [1.165, 1.54) is 0 Å². The standard InChI is InChI=1S/C31H23NO4/c1-19-16-25-26(17-20(19)2)36-30-27(29(25)33)28(32(31(30)34)22-11-5-3-6-12-22)21-10-9-15-24(18-21)35-23-13-7-4-8-14-23/h3-18,28H,1-2H3. The largest absolute Gasteiger partial charge is 0.457 e. The van der Waals surface area contributed by atoms with Crippen LogP contribution in [0.4, 0.5) is 5.69 Å². The minimum Gasteiger partial charge on any atom is -0.457 e. The molecule has 0 radical (unpaired) electrons. The zero-order valence-electron chi connectivity index (χ0n) is 19.9. The minimum absolute atomic E-state index is 0.0824. The van der Waals surface area contributed by atoms with E-state index in [9.17, 15) is 9.59 Å². The molecule has 36 heavy (non-hydrogen) atoms. The summed E-state index contributed by atoms with van der Waals surface area (Å²) in [6, 6.07) is 29.4. The molecule has 1 unspecified atom stereocenters. The normalized spacial score (nSPS) is 14.8. The van der Waals surface area contributed by atoms with Crippen molar-refractivity contribution in [1.29, 1.82) is 0 Å². The average Bonchev–Trinajstić information content (AvgIpc) is 3.19. The van der Waals surface area contributed by atoms with Crippen LogP contribution in [0.15, 0.2) is 106 Å². The Labute approximate surface area is 208 Å². The number of hydrogen-bond acceptors (Lipinski definition) is 4. The number of benzene rings is 4. The highest BCUT2D eigenvalue weighted by molar-refractivity contribution is 6.10. The van der Waals surface area contributed by atoms with Gasteiger partial charge in [0.15, 0.2) is 5.43 Å². The molecule has 1 aliphatic rings. The van der Waals surface area contributed by atoms with Gasteiger partial charge in [0.25, 0.3) is 5.91 Å². The lowest BCUT2D eigenvalue weighted by Gasteiger charge is -2.25. The van der Waals surface area contributed by atoms with Gasteiger partial charge in [-0.2, -0.15) is 0 Å². The fourth-order valence-electron chi connectivity index (χ4n) is 4.77. The summed E-state index contributed by atoms with van der Waals surface area (Å²) >= 11 is 0. The van der Waals surface area contributed by atoms with Gasteiger partial charge < -0.3 is 9.15 Å². The Kier molecular flexibility index (Phi) is 5.19. The summed E-state index contributed by atoms with van der Waals surface area (Å²) in [5.41, 5.74) is 4.01. The van der Waals surface area contributed by atoms with E-state index >= 15 is 0 Å². The van der Waals surface area contributed by atoms with E-state index in [0.717, 1.165) is 16.7 Å². The molecule has 1 aromatic heterocycles. The molecule has 0 aliphatic carbocycles. The molecule has 5 aromatic rings. The molecule has 1 aliphatic heterocycles. The third-order valence-corrected chi connectivity index (χ3v) is 6.67. The Balaban J connectivity index is 1.56. The second kappa shape index (κ2) is 8.54. The first kappa shape index (κ1) is 21.9. The van der Waals surface area contributed by atoms with Crippen LogP contribution >= 0.6 is 0 Å². The summed E-state index contributed by atoms with van der Waals surface area (Å²) < 4.78 is 12.2. The van der Waals surface area contributed by atoms with Crippen LogP contribution in [0.5, 0.6) is 11.5 Å². The fraction of sp³-hybridized carbons (Fsp3) is 0.0968. The van der Waals surface area contributed by atoms with Gasteiger partial charge in [-0.1, -0.05) is 48.5 Å². The summed E-state index contributed by atoms with van der Waals surface area (Å²) in [5.74, 6) is 1.06. The predicted octanol–water partition coefficient (Wildman–Crippen LogP) is 6.95. The molecule has 0 spiro atoms. The van der Waals surface area contributed by atoms with Crippen molar-refractivity contribution >= 4 is 22.6 Å².